The molecule has 57 heavy (non-hydrogen) atoms. The van der Waals surface area contributed by atoms with E-state index in [0.29, 0.717) is 32.7 Å². The number of aliphatic hydroxyl groups is 1. The molecule has 330 valence electrons. The van der Waals surface area contributed by atoms with Crippen LogP contribution in [-0.4, -0.2) is 125 Å². The molecule has 1 rings (SSSR count). The maximum absolute atomic E-state index is 13.1. The lowest BCUT2D eigenvalue weighted by Gasteiger charge is -2.42. The van der Waals surface area contributed by atoms with Crippen LogP contribution >= 0.6 is 0 Å². The molecule has 0 spiro atoms. The summed E-state index contributed by atoms with van der Waals surface area (Å²) in [6.45, 7) is 22.2. The second kappa shape index (κ2) is 26.8. The average Bonchev–Trinajstić information content (AvgIpc) is 3.16. The maximum atomic E-state index is 13.1. The molecule has 0 aliphatic carbocycles. The first-order valence-electron chi connectivity index (χ1n) is 20.1. The fourth-order valence-electron chi connectivity index (χ4n) is 5.93. The second-order valence-electron chi connectivity index (χ2n) is 16.5. The third-order valence-electron chi connectivity index (χ3n) is 10.7. The molecule has 0 bridgehead atoms. The van der Waals surface area contributed by atoms with Gasteiger partial charge in [-0.3, -0.25) is 4.79 Å². The van der Waals surface area contributed by atoms with Crippen molar-refractivity contribution in [1.82, 2.24) is 0 Å². The molecule has 0 fully saturated rings. The Balaban J connectivity index is 3.55. The predicted molar refractivity (Wildman–Crippen MR) is 222 cm³/mol. The van der Waals surface area contributed by atoms with Crippen molar-refractivity contribution in [3.05, 3.63) is 47.0 Å². The van der Waals surface area contributed by atoms with E-state index < -0.39 is 50.2 Å². The first kappa shape index (κ1) is 52.8. The molecule has 1 N–H and O–H groups in total. The minimum Gasteiger partial charge on any atom is -0.467 e. The summed E-state index contributed by atoms with van der Waals surface area (Å²) in [4.78, 5) is 25.9. The fraction of sp³-hybridized carbons (Fsp3) is 0.767. The van der Waals surface area contributed by atoms with Gasteiger partial charge in [0.2, 0.25) is 0 Å². The Morgan fingerprint density at radius 1 is 0.877 bits per heavy atom. The molecule has 0 saturated carbocycles. The first-order chi connectivity index (χ1) is 26.8. The zero-order valence-corrected chi connectivity index (χ0v) is 38.5. The number of ether oxygens (including phenoxy) is 9. The summed E-state index contributed by atoms with van der Waals surface area (Å²) in [5, 5.41) is 11.6. The Morgan fingerprint density at radius 3 is 2.12 bits per heavy atom. The molecule has 1 aromatic rings. The highest BCUT2D eigenvalue weighted by Gasteiger charge is 2.43. The van der Waals surface area contributed by atoms with E-state index in [1.807, 2.05) is 45.0 Å². The van der Waals surface area contributed by atoms with Crippen LogP contribution in [0.3, 0.4) is 0 Å². The van der Waals surface area contributed by atoms with Gasteiger partial charge in [-0.2, -0.15) is 0 Å². The van der Waals surface area contributed by atoms with Crippen molar-refractivity contribution < 1.29 is 61.8 Å². The van der Waals surface area contributed by atoms with Gasteiger partial charge in [0.25, 0.3) is 0 Å². The van der Waals surface area contributed by atoms with Crippen LogP contribution in [0.4, 0.5) is 0 Å². The quantitative estimate of drug-likeness (QED) is 0.0276. The lowest BCUT2D eigenvalue weighted by molar-refractivity contribution is -0.187. The highest BCUT2D eigenvalue weighted by Crippen LogP contribution is 2.40. The average molecular weight is 829 g/mol. The van der Waals surface area contributed by atoms with Crippen LogP contribution in [0.5, 0.6) is 0 Å². The van der Waals surface area contributed by atoms with Crippen molar-refractivity contribution in [2.45, 2.75) is 142 Å². The summed E-state index contributed by atoms with van der Waals surface area (Å²) >= 11 is 0. The molecular formula is C43H76O13Si. The summed E-state index contributed by atoms with van der Waals surface area (Å²) in [6.07, 6.45) is 0.392. The van der Waals surface area contributed by atoms with Crippen LogP contribution in [0.1, 0.15) is 92.2 Å². The van der Waals surface area contributed by atoms with Crippen molar-refractivity contribution in [3.63, 3.8) is 0 Å². The van der Waals surface area contributed by atoms with Gasteiger partial charge in [-0.1, -0.05) is 78.8 Å². The summed E-state index contributed by atoms with van der Waals surface area (Å²) in [7, 11) is 3.52. The van der Waals surface area contributed by atoms with Gasteiger partial charge in [0.1, 0.15) is 32.6 Å². The number of hydrogen-bond acceptors (Lipinski definition) is 13. The van der Waals surface area contributed by atoms with Crippen LogP contribution in [-0.2, 0) is 68.5 Å². The van der Waals surface area contributed by atoms with Crippen molar-refractivity contribution >= 4 is 20.3 Å². The van der Waals surface area contributed by atoms with E-state index in [1.54, 1.807) is 14.0 Å². The molecule has 0 unspecified atom stereocenters. The number of methoxy groups -OCH3 is 4. The van der Waals surface area contributed by atoms with Crippen LogP contribution < -0.4 is 0 Å². The molecule has 0 amide bonds. The van der Waals surface area contributed by atoms with Gasteiger partial charge in [0, 0.05) is 58.3 Å². The Bertz CT molecular complexity index is 1310. The number of hydrogen-bond donors (Lipinski definition) is 1. The summed E-state index contributed by atoms with van der Waals surface area (Å²) in [6, 6.07) is 7.91. The van der Waals surface area contributed by atoms with Crippen molar-refractivity contribution in [1.29, 1.82) is 0 Å². The third kappa shape index (κ3) is 18.7. The molecule has 13 nitrogen and oxygen atoms in total. The number of benzene rings is 1. The van der Waals surface area contributed by atoms with Crippen LogP contribution in [0, 0.1) is 5.92 Å². The summed E-state index contributed by atoms with van der Waals surface area (Å²) in [5.74, 6) is -0.838. The molecule has 6 atom stereocenters. The zero-order valence-electron chi connectivity index (χ0n) is 37.5. The molecule has 0 aliphatic heterocycles. The molecular weight excluding hydrogens is 753 g/mol. The second-order valence-corrected chi connectivity index (χ2v) is 21.3. The van der Waals surface area contributed by atoms with E-state index in [9.17, 15) is 14.7 Å². The van der Waals surface area contributed by atoms with Crippen LogP contribution in [0.15, 0.2) is 35.9 Å². The van der Waals surface area contributed by atoms with Crippen LogP contribution in [0.2, 0.25) is 18.1 Å². The molecule has 0 aliphatic rings. The van der Waals surface area contributed by atoms with Crippen LogP contribution in [0.25, 0.3) is 0 Å². The normalized spacial score (nSPS) is 16.1. The smallest absolute Gasteiger partial charge is 0.337 e. The lowest BCUT2D eigenvalue weighted by atomic mass is 9.76. The molecule has 1 aromatic carbocycles. The zero-order chi connectivity index (χ0) is 43.2. The van der Waals surface area contributed by atoms with Crippen molar-refractivity contribution in [2.24, 2.45) is 5.92 Å². The predicted octanol–water partition coefficient (Wildman–Crippen LogP) is 7.12. The van der Waals surface area contributed by atoms with Crippen molar-refractivity contribution in [3.8, 4) is 0 Å². The number of aliphatic hydroxyl groups excluding tert-OH is 1. The molecule has 0 aromatic heterocycles. The van der Waals surface area contributed by atoms with Gasteiger partial charge in [0.05, 0.1) is 39.1 Å². The van der Waals surface area contributed by atoms with Crippen molar-refractivity contribution in [2.75, 3.05) is 68.6 Å². The molecule has 0 radical (unpaired) electrons. The van der Waals surface area contributed by atoms with E-state index in [1.165, 1.54) is 21.3 Å². The highest BCUT2D eigenvalue weighted by atomic mass is 28.4. The standard InChI is InChI=1S/C43H76O13Si/c1-15-32(27-52-30-51-21-20-47-9)22-31(3)36(44)25-35(56-57(13,14)42(4,5)6)26-38(55-39(45)16-2)43(7,8)34-19-17-18-33(23-34)24-37(53-28-48-10)40(41(46)50-12)54-29-49-11/h17-19,22-23,32,35-38,40,44H,15-16,20-21,24-30H2,1-14H3/b31-22-/t32-,35-,36+,37-,38+,40+/m1/s1. The molecule has 0 heterocycles. The Kier molecular flexibility index (Phi) is 24.8. The minimum absolute atomic E-state index is 0.0674. The summed E-state index contributed by atoms with van der Waals surface area (Å²) < 4.78 is 56.5. The number of rotatable bonds is 30. The maximum Gasteiger partial charge on any atom is 0.337 e. The number of esters is 2. The largest absolute Gasteiger partial charge is 0.467 e. The van der Waals surface area contributed by atoms with Gasteiger partial charge in [-0.25, -0.2) is 4.79 Å². The van der Waals surface area contributed by atoms with E-state index in [4.69, 9.17) is 47.1 Å². The Hall–Kier alpha value is -2.24. The van der Waals surface area contributed by atoms with Gasteiger partial charge < -0.3 is 52.2 Å². The highest BCUT2D eigenvalue weighted by molar-refractivity contribution is 6.74. The fourth-order valence-corrected chi connectivity index (χ4v) is 7.31. The Labute approximate surface area is 344 Å². The number of carbonyl (C=O) groups is 2. The van der Waals surface area contributed by atoms with E-state index >= 15 is 0 Å². The third-order valence-corrected chi connectivity index (χ3v) is 15.3. The Morgan fingerprint density at radius 2 is 1.54 bits per heavy atom. The minimum atomic E-state index is -2.36. The number of carbonyl (C=O) groups excluding carboxylic acids is 2. The monoisotopic (exact) mass is 829 g/mol. The SMILES string of the molecule is CCC(=O)O[C@@H](C[C@@H](C[C@H](O)/C(C)=C\[C@@H](CC)COCOCCOC)O[Si](C)(C)C(C)(C)C)C(C)(C)c1cccc(C[C@@H](OCOC)[C@H](OCOC)C(=O)OC)c1. The van der Waals surface area contributed by atoms with E-state index in [0.717, 1.165) is 23.1 Å². The topological polar surface area (TPSA) is 147 Å². The van der Waals surface area contributed by atoms with Gasteiger partial charge in [-0.15, -0.1) is 0 Å². The molecule has 14 heteroatoms. The van der Waals surface area contributed by atoms with E-state index in [-0.39, 0.29) is 50.1 Å². The van der Waals surface area contributed by atoms with Gasteiger partial charge >= 0.3 is 11.9 Å². The van der Waals surface area contributed by atoms with E-state index in [2.05, 4.69) is 46.9 Å². The van der Waals surface area contributed by atoms with Gasteiger partial charge in [0.15, 0.2) is 14.4 Å². The lowest BCUT2D eigenvalue weighted by Crippen LogP contribution is -2.47. The molecule has 0 saturated heterocycles. The summed E-state index contributed by atoms with van der Waals surface area (Å²) in [5.41, 5.74) is 1.89. The first-order valence-corrected chi connectivity index (χ1v) is 23.0. The van der Waals surface area contributed by atoms with Gasteiger partial charge in [-0.05, 0) is 48.2 Å².